The zero-order valence-electron chi connectivity index (χ0n) is 14.8. The predicted molar refractivity (Wildman–Crippen MR) is 94.0 cm³/mol. The SMILES string of the molecule is CC(C)(C)c1ccc(C(=O)C2CCCN(Cc3ccon3)C2)cc1. The van der Waals surface area contributed by atoms with Crippen LogP contribution in [-0.2, 0) is 12.0 Å². The minimum absolute atomic E-state index is 0.0751. The van der Waals surface area contributed by atoms with Gasteiger partial charge in [-0.3, -0.25) is 9.69 Å². The molecule has 2 aromatic rings. The van der Waals surface area contributed by atoms with Gasteiger partial charge in [0.25, 0.3) is 0 Å². The summed E-state index contributed by atoms with van der Waals surface area (Å²) < 4.78 is 4.89. The molecule has 1 fully saturated rings. The molecule has 0 bridgehead atoms. The van der Waals surface area contributed by atoms with Gasteiger partial charge in [0.1, 0.15) is 6.26 Å². The summed E-state index contributed by atoms with van der Waals surface area (Å²) in [7, 11) is 0. The summed E-state index contributed by atoms with van der Waals surface area (Å²) >= 11 is 0. The molecule has 128 valence electrons. The summed E-state index contributed by atoms with van der Waals surface area (Å²) in [5, 5.41) is 3.97. The van der Waals surface area contributed by atoms with Crippen molar-refractivity contribution < 1.29 is 9.32 Å². The molecule has 0 saturated carbocycles. The van der Waals surface area contributed by atoms with Crippen molar-refractivity contribution in [1.82, 2.24) is 10.1 Å². The van der Waals surface area contributed by atoms with E-state index in [-0.39, 0.29) is 17.1 Å². The number of aromatic nitrogens is 1. The van der Waals surface area contributed by atoms with Crippen LogP contribution in [0.2, 0.25) is 0 Å². The summed E-state index contributed by atoms with van der Waals surface area (Å²) in [6, 6.07) is 10.0. The third-order valence-corrected chi connectivity index (χ3v) is 4.79. The Bertz CT molecular complexity index is 669. The van der Waals surface area contributed by atoms with Crippen LogP contribution < -0.4 is 0 Å². The Morgan fingerprint density at radius 1 is 1.25 bits per heavy atom. The molecule has 0 radical (unpaired) electrons. The highest BCUT2D eigenvalue weighted by Gasteiger charge is 2.27. The average Bonchev–Trinajstić information content (AvgIpc) is 3.07. The van der Waals surface area contributed by atoms with Gasteiger partial charge < -0.3 is 4.52 Å². The molecule has 1 aliphatic heterocycles. The number of hydrogen-bond acceptors (Lipinski definition) is 4. The molecule has 4 heteroatoms. The van der Waals surface area contributed by atoms with Gasteiger partial charge in [-0.1, -0.05) is 50.2 Å². The van der Waals surface area contributed by atoms with Gasteiger partial charge in [-0.2, -0.15) is 0 Å². The molecule has 1 aromatic heterocycles. The first-order chi connectivity index (χ1) is 11.4. The van der Waals surface area contributed by atoms with Crippen molar-refractivity contribution in [3.05, 3.63) is 53.4 Å². The number of rotatable bonds is 4. The predicted octanol–water partition coefficient (Wildman–Crippen LogP) is 4.07. The third kappa shape index (κ3) is 3.93. The largest absolute Gasteiger partial charge is 0.364 e. The highest BCUT2D eigenvalue weighted by molar-refractivity contribution is 5.98. The Labute approximate surface area is 143 Å². The van der Waals surface area contributed by atoms with E-state index in [1.807, 2.05) is 18.2 Å². The maximum atomic E-state index is 12.8. The molecule has 1 saturated heterocycles. The zero-order valence-corrected chi connectivity index (χ0v) is 14.8. The van der Waals surface area contributed by atoms with Crippen LogP contribution in [0.5, 0.6) is 0 Å². The molecular formula is C20H26N2O2. The fourth-order valence-corrected chi connectivity index (χ4v) is 3.33. The van der Waals surface area contributed by atoms with Crippen molar-refractivity contribution >= 4 is 5.78 Å². The van der Waals surface area contributed by atoms with Crippen molar-refractivity contribution in [3.8, 4) is 0 Å². The number of benzene rings is 1. The van der Waals surface area contributed by atoms with Crippen LogP contribution in [0.3, 0.4) is 0 Å². The van der Waals surface area contributed by atoms with Crippen molar-refractivity contribution in [2.24, 2.45) is 5.92 Å². The lowest BCUT2D eigenvalue weighted by Gasteiger charge is -2.31. The van der Waals surface area contributed by atoms with Gasteiger partial charge in [-0.15, -0.1) is 0 Å². The average molecular weight is 326 g/mol. The highest BCUT2D eigenvalue weighted by atomic mass is 16.5. The summed E-state index contributed by atoms with van der Waals surface area (Å²) in [5.74, 6) is 0.339. The Hall–Kier alpha value is -1.94. The number of nitrogens with zero attached hydrogens (tertiary/aromatic N) is 2. The molecule has 0 amide bonds. The van der Waals surface area contributed by atoms with E-state index < -0.39 is 0 Å². The monoisotopic (exact) mass is 326 g/mol. The Morgan fingerprint density at radius 3 is 2.62 bits per heavy atom. The molecule has 4 nitrogen and oxygen atoms in total. The van der Waals surface area contributed by atoms with Gasteiger partial charge in [-0.05, 0) is 30.4 Å². The molecule has 3 rings (SSSR count). The number of ketones is 1. The van der Waals surface area contributed by atoms with Gasteiger partial charge in [0.2, 0.25) is 0 Å². The minimum Gasteiger partial charge on any atom is -0.364 e. The second-order valence-electron chi connectivity index (χ2n) is 7.76. The summed E-state index contributed by atoms with van der Waals surface area (Å²) in [6.45, 7) is 9.13. The van der Waals surface area contributed by atoms with E-state index in [1.54, 1.807) is 6.26 Å². The van der Waals surface area contributed by atoms with Crippen molar-refractivity contribution in [2.75, 3.05) is 13.1 Å². The second kappa shape index (κ2) is 6.89. The third-order valence-electron chi connectivity index (χ3n) is 4.79. The number of Topliss-reactive ketones (excluding diaryl/α,β-unsaturated/α-hetero) is 1. The van der Waals surface area contributed by atoms with Crippen LogP contribution in [0.25, 0.3) is 0 Å². The fourth-order valence-electron chi connectivity index (χ4n) is 3.33. The van der Waals surface area contributed by atoms with E-state index >= 15 is 0 Å². The maximum absolute atomic E-state index is 12.8. The van der Waals surface area contributed by atoms with Gasteiger partial charge in [-0.25, -0.2) is 0 Å². The topological polar surface area (TPSA) is 46.3 Å². The molecule has 1 unspecified atom stereocenters. The Kier molecular flexibility index (Phi) is 4.86. The van der Waals surface area contributed by atoms with Crippen LogP contribution >= 0.6 is 0 Å². The van der Waals surface area contributed by atoms with E-state index in [4.69, 9.17) is 4.52 Å². The van der Waals surface area contributed by atoms with Crippen molar-refractivity contribution in [3.63, 3.8) is 0 Å². The first-order valence-electron chi connectivity index (χ1n) is 8.70. The lowest BCUT2D eigenvalue weighted by Crippen LogP contribution is -2.38. The smallest absolute Gasteiger partial charge is 0.167 e. The number of piperidine rings is 1. The maximum Gasteiger partial charge on any atom is 0.167 e. The first kappa shape index (κ1) is 16.9. The van der Waals surface area contributed by atoms with E-state index in [0.29, 0.717) is 0 Å². The Morgan fingerprint density at radius 2 is 2.00 bits per heavy atom. The molecule has 2 heterocycles. The lowest BCUT2D eigenvalue weighted by molar-refractivity contribution is 0.0809. The second-order valence-corrected chi connectivity index (χ2v) is 7.76. The van der Waals surface area contributed by atoms with E-state index in [1.165, 1.54) is 5.56 Å². The lowest BCUT2D eigenvalue weighted by atomic mass is 9.85. The van der Waals surface area contributed by atoms with E-state index in [9.17, 15) is 4.79 Å². The summed E-state index contributed by atoms with van der Waals surface area (Å²) in [5.41, 5.74) is 3.13. The molecule has 0 spiro atoms. The standard InChI is InChI=1S/C20H26N2O2/c1-20(2,3)17-8-6-15(7-9-17)19(23)16-5-4-11-22(13-16)14-18-10-12-24-21-18/h6-10,12,16H,4-5,11,13-14H2,1-3H3. The summed E-state index contributed by atoms with van der Waals surface area (Å²) in [6.07, 6.45) is 3.61. The van der Waals surface area contributed by atoms with Crippen LogP contribution in [-0.4, -0.2) is 28.9 Å². The van der Waals surface area contributed by atoms with Crippen LogP contribution in [0.15, 0.2) is 41.1 Å². The molecular weight excluding hydrogens is 300 g/mol. The number of carbonyl (C=O) groups is 1. The van der Waals surface area contributed by atoms with Gasteiger partial charge in [0.05, 0.1) is 5.69 Å². The van der Waals surface area contributed by atoms with Crippen molar-refractivity contribution in [2.45, 2.75) is 45.6 Å². The number of hydrogen-bond donors (Lipinski definition) is 0. The molecule has 0 aliphatic carbocycles. The Balaban J connectivity index is 1.65. The van der Waals surface area contributed by atoms with Crippen LogP contribution in [0.4, 0.5) is 0 Å². The highest BCUT2D eigenvalue weighted by Crippen LogP contribution is 2.25. The van der Waals surface area contributed by atoms with Gasteiger partial charge >= 0.3 is 0 Å². The van der Waals surface area contributed by atoms with Gasteiger partial charge in [0, 0.05) is 30.6 Å². The molecule has 1 aliphatic rings. The normalized spacial score (nSPS) is 19.4. The summed E-state index contributed by atoms with van der Waals surface area (Å²) in [4.78, 5) is 15.1. The first-order valence-corrected chi connectivity index (χ1v) is 8.70. The molecule has 1 aromatic carbocycles. The van der Waals surface area contributed by atoms with E-state index in [2.05, 4.69) is 43.0 Å². The molecule has 1 atom stereocenters. The fraction of sp³-hybridized carbons (Fsp3) is 0.500. The molecule has 0 N–H and O–H groups in total. The zero-order chi connectivity index (χ0) is 17.2. The molecule has 24 heavy (non-hydrogen) atoms. The van der Waals surface area contributed by atoms with Crippen molar-refractivity contribution in [1.29, 1.82) is 0 Å². The number of likely N-dealkylation sites (tertiary alicyclic amines) is 1. The van der Waals surface area contributed by atoms with Gasteiger partial charge in [0.15, 0.2) is 5.78 Å². The van der Waals surface area contributed by atoms with Crippen LogP contribution in [0.1, 0.15) is 55.2 Å². The minimum atomic E-state index is 0.0751. The van der Waals surface area contributed by atoms with E-state index in [0.717, 1.165) is 43.7 Å². The quantitative estimate of drug-likeness (QED) is 0.795. The number of carbonyl (C=O) groups excluding carboxylic acids is 1. The van der Waals surface area contributed by atoms with Crippen LogP contribution in [0, 0.1) is 5.92 Å².